The number of aryl methyl sites for hydroxylation is 1. The molecule has 2 N–H and O–H groups in total. The number of nitrogens with one attached hydrogen (secondary N) is 2. The molecule has 0 saturated carbocycles. The van der Waals surface area contributed by atoms with E-state index in [0.717, 1.165) is 35.6 Å². The SMILES string of the molecule is Cc1ccc(-c2ccc(/C=C/C(=O)NC(=S)Nc3ccc(N4CCN(C(=O)c5ccco5)CC4)cc3)o2)cc1Cl. The molecule has 40 heavy (non-hydrogen) atoms. The molecule has 0 atom stereocenters. The minimum Gasteiger partial charge on any atom is -0.459 e. The first-order valence-corrected chi connectivity index (χ1v) is 13.5. The summed E-state index contributed by atoms with van der Waals surface area (Å²) in [6, 6.07) is 20.5. The molecule has 0 radical (unpaired) electrons. The van der Waals surface area contributed by atoms with E-state index in [-0.39, 0.29) is 16.9 Å². The summed E-state index contributed by atoms with van der Waals surface area (Å²) >= 11 is 11.5. The standard InChI is InChI=1S/C30H27ClN4O4S/c1-20-4-5-21(19-25(20)31)26-12-10-24(39-26)11-13-28(36)33-30(40)32-22-6-8-23(9-7-22)34-14-16-35(17-15-34)29(37)27-3-2-18-38-27/h2-13,18-19H,14-17H2,1H3,(H2,32,33,36,40)/b13-11+. The Kier molecular flexibility index (Phi) is 8.33. The molecule has 4 aromatic rings. The Balaban J connectivity index is 1.08. The molecule has 1 aliphatic heterocycles. The van der Waals surface area contributed by atoms with Crippen molar-refractivity contribution in [3.8, 4) is 11.3 Å². The average molecular weight is 575 g/mol. The molecule has 2 amide bonds. The number of thiocarbonyl (C=S) groups is 1. The summed E-state index contributed by atoms with van der Waals surface area (Å²) in [5.74, 6) is 1.08. The molecule has 3 heterocycles. The van der Waals surface area contributed by atoms with E-state index in [9.17, 15) is 9.59 Å². The van der Waals surface area contributed by atoms with Crippen LogP contribution in [0.4, 0.5) is 11.4 Å². The number of benzene rings is 2. The molecule has 2 aromatic carbocycles. The number of piperazine rings is 1. The lowest BCUT2D eigenvalue weighted by Crippen LogP contribution is -2.48. The molecular weight excluding hydrogens is 548 g/mol. The molecule has 1 aliphatic rings. The van der Waals surface area contributed by atoms with Crippen molar-refractivity contribution in [1.29, 1.82) is 0 Å². The van der Waals surface area contributed by atoms with Crippen LogP contribution in [-0.4, -0.2) is 48.0 Å². The van der Waals surface area contributed by atoms with E-state index in [1.807, 2.05) is 55.5 Å². The molecule has 1 saturated heterocycles. The maximum Gasteiger partial charge on any atom is 0.289 e. The Hall–Kier alpha value is -4.34. The quantitative estimate of drug-likeness (QED) is 0.216. The first kappa shape index (κ1) is 27.2. The van der Waals surface area contributed by atoms with Crippen molar-refractivity contribution in [1.82, 2.24) is 10.2 Å². The number of rotatable bonds is 6. The highest BCUT2D eigenvalue weighted by Gasteiger charge is 2.23. The fourth-order valence-corrected chi connectivity index (χ4v) is 4.70. The molecule has 0 aliphatic carbocycles. The van der Waals surface area contributed by atoms with Gasteiger partial charge in [0, 0.05) is 54.2 Å². The third-order valence-corrected chi connectivity index (χ3v) is 7.12. The number of anilines is 2. The molecule has 1 fully saturated rings. The molecule has 10 heteroatoms. The van der Waals surface area contributed by atoms with Crippen LogP contribution in [-0.2, 0) is 4.79 Å². The fourth-order valence-electron chi connectivity index (χ4n) is 4.30. The second-order valence-electron chi connectivity index (χ2n) is 9.25. The molecule has 0 bridgehead atoms. The Labute approximate surface area is 242 Å². The van der Waals surface area contributed by atoms with Crippen molar-refractivity contribution >= 4 is 58.2 Å². The molecule has 0 spiro atoms. The topological polar surface area (TPSA) is 91.0 Å². The number of hydrogen-bond acceptors (Lipinski definition) is 6. The predicted octanol–water partition coefficient (Wildman–Crippen LogP) is 5.99. The molecule has 5 rings (SSSR count). The largest absolute Gasteiger partial charge is 0.459 e. The lowest BCUT2D eigenvalue weighted by molar-refractivity contribution is -0.115. The van der Waals surface area contributed by atoms with E-state index in [2.05, 4.69) is 15.5 Å². The van der Waals surface area contributed by atoms with Crippen LogP contribution in [0.5, 0.6) is 0 Å². The van der Waals surface area contributed by atoms with Crippen LogP contribution < -0.4 is 15.5 Å². The minimum atomic E-state index is -0.382. The molecule has 0 unspecified atom stereocenters. The summed E-state index contributed by atoms with van der Waals surface area (Å²) < 4.78 is 11.0. The maximum atomic E-state index is 12.5. The average Bonchev–Trinajstić information content (AvgIpc) is 3.67. The number of carbonyl (C=O) groups is 2. The highest BCUT2D eigenvalue weighted by atomic mass is 35.5. The van der Waals surface area contributed by atoms with E-state index >= 15 is 0 Å². The number of nitrogens with zero attached hydrogens (tertiary/aromatic N) is 2. The summed E-state index contributed by atoms with van der Waals surface area (Å²) in [5.41, 5.74) is 3.64. The lowest BCUT2D eigenvalue weighted by Gasteiger charge is -2.35. The number of hydrogen-bond donors (Lipinski definition) is 2. The summed E-state index contributed by atoms with van der Waals surface area (Å²) in [5, 5.41) is 6.51. The lowest BCUT2D eigenvalue weighted by atomic mass is 10.1. The van der Waals surface area contributed by atoms with E-state index in [0.29, 0.717) is 35.4 Å². The van der Waals surface area contributed by atoms with Gasteiger partial charge in [0.05, 0.1) is 6.26 Å². The zero-order valence-electron chi connectivity index (χ0n) is 21.7. The maximum absolute atomic E-state index is 12.5. The Morgan fingerprint density at radius 3 is 2.48 bits per heavy atom. The van der Waals surface area contributed by atoms with E-state index < -0.39 is 0 Å². The Morgan fingerprint density at radius 2 is 1.77 bits per heavy atom. The third-order valence-electron chi connectivity index (χ3n) is 6.51. The normalized spacial score (nSPS) is 13.4. The van der Waals surface area contributed by atoms with Crippen LogP contribution >= 0.6 is 23.8 Å². The van der Waals surface area contributed by atoms with Gasteiger partial charge >= 0.3 is 0 Å². The van der Waals surface area contributed by atoms with Crippen molar-refractivity contribution < 1.29 is 18.4 Å². The van der Waals surface area contributed by atoms with Crippen molar-refractivity contribution in [2.75, 3.05) is 36.4 Å². The van der Waals surface area contributed by atoms with Crippen LogP contribution in [0, 0.1) is 6.92 Å². The number of amides is 2. The first-order valence-electron chi connectivity index (χ1n) is 12.7. The van der Waals surface area contributed by atoms with E-state index in [1.54, 1.807) is 29.2 Å². The van der Waals surface area contributed by atoms with Gasteiger partial charge in [-0.2, -0.15) is 0 Å². The fraction of sp³-hybridized carbons (Fsp3) is 0.167. The Bertz CT molecular complexity index is 1540. The number of furan rings is 2. The van der Waals surface area contributed by atoms with Gasteiger partial charge in [0.1, 0.15) is 11.5 Å². The van der Waals surface area contributed by atoms with E-state index in [4.69, 9.17) is 32.7 Å². The van der Waals surface area contributed by atoms with Crippen LogP contribution in [0.15, 0.2) is 87.9 Å². The van der Waals surface area contributed by atoms with E-state index in [1.165, 1.54) is 12.3 Å². The summed E-state index contributed by atoms with van der Waals surface area (Å²) in [7, 11) is 0. The molecule has 8 nitrogen and oxygen atoms in total. The van der Waals surface area contributed by atoms with Gasteiger partial charge in [-0.3, -0.25) is 14.9 Å². The van der Waals surface area contributed by atoms with Crippen molar-refractivity contribution in [2.24, 2.45) is 0 Å². The van der Waals surface area contributed by atoms with Gasteiger partial charge in [0.2, 0.25) is 5.91 Å². The van der Waals surface area contributed by atoms with Gasteiger partial charge in [0.15, 0.2) is 10.9 Å². The zero-order chi connectivity index (χ0) is 28.1. The summed E-state index contributed by atoms with van der Waals surface area (Å²) in [4.78, 5) is 28.8. The second-order valence-corrected chi connectivity index (χ2v) is 10.1. The van der Waals surface area contributed by atoms with Gasteiger partial charge in [-0.25, -0.2) is 0 Å². The number of halogens is 1. The van der Waals surface area contributed by atoms with Crippen molar-refractivity contribution in [3.63, 3.8) is 0 Å². The van der Waals surface area contributed by atoms with Crippen LogP contribution in [0.2, 0.25) is 5.02 Å². The Morgan fingerprint density at radius 1 is 1.00 bits per heavy atom. The zero-order valence-corrected chi connectivity index (χ0v) is 23.3. The highest BCUT2D eigenvalue weighted by molar-refractivity contribution is 7.80. The molecule has 204 valence electrons. The minimum absolute atomic E-state index is 0.0869. The second kappa shape index (κ2) is 12.2. The van der Waals surface area contributed by atoms with Gasteiger partial charge in [0.25, 0.3) is 5.91 Å². The number of carbonyl (C=O) groups excluding carboxylic acids is 2. The van der Waals surface area contributed by atoms with Crippen molar-refractivity contribution in [2.45, 2.75) is 6.92 Å². The predicted molar refractivity (Wildman–Crippen MR) is 161 cm³/mol. The van der Waals surface area contributed by atoms with Crippen molar-refractivity contribution in [3.05, 3.63) is 101 Å². The highest BCUT2D eigenvalue weighted by Crippen LogP contribution is 2.27. The molecular formula is C30H27ClN4O4S. The van der Waals surface area contributed by atoms with Crippen LogP contribution in [0.3, 0.4) is 0 Å². The van der Waals surface area contributed by atoms with Crippen LogP contribution in [0.25, 0.3) is 17.4 Å². The first-order chi connectivity index (χ1) is 19.4. The third kappa shape index (κ3) is 6.62. The monoisotopic (exact) mass is 574 g/mol. The summed E-state index contributed by atoms with van der Waals surface area (Å²) in [6.45, 7) is 4.60. The van der Waals surface area contributed by atoms with Gasteiger partial charge < -0.3 is 24.0 Å². The molecule has 2 aromatic heterocycles. The van der Waals surface area contributed by atoms with Crippen LogP contribution in [0.1, 0.15) is 21.9 Å². The summed E-state index contributed by atoms with van der Waals surface area (Å²) in [6.07, 6.45) is 4.44. The van der Waals surface area contributed by atoms with Gasteiger partial charge in [-0.1, -0.05) is 23.7 Å². The van der Waals surface area contributed by atoms with Gasteiger partial charge in [-0.05, 0) is 85.4 Å². The van der Waals surface area contributed by atoms with Gasteiger partial charge in [-0.15, -0.1) is 0 Å². The smallest absolute Gasteiger partial charge is 0.289 e.